The number of nitrogens with one attached hydrogen (secondary N) is 1. The minimum absolute atomic E-state index is 0.0402. The Morgan fingerprint density at radius 1 is 1.11 bits per heavy atom. The van der Waals surface area contributed by atoms with Gasteiger partial charge in [0.2, 0.25) is 0 Å². The second-order valence-electron chi connectivity index (χ2n) is 3.95. The van der Waals surface area contributed by atoms with E-state index in [4.69, 9.17) is 0 Å². The number of nitrogens with zero attached hydrogens (tertiary/aromatic N) is 1. The van der Waals surface area contributed by atoms with Crippen LogP contribution in [-0.2, 0) is 0 Å². The third kappa shape index (κ3) is 2.08. The molecule has 6 heteroatoms. The smallest absolute Gasteiger partial charge is 0.152 e. The topological polar surface area (TPSA) is 28.7 Å². The number of imidazole rings is 1. The lowest BCUT2D eigenvalue weighted by Gasteiger charge is -2.05. The number of rotatable bonds is 1. The molecule has 0 saturated carbocycles. The van der Waals surface area contributed by atoms with E-state index in [2.05, 4.69) is 41.8 Å². The Bertz CT molecular complexity index is 751. The molecule has 0 amide bonds. The molecule has 0 radical (unpaired) electrons. The molecule has 1 N–H and O–H groups in total. The molecule has 0 unspecified atom stereocenters. The fourth-order valence-corrected chi connectivity index (χ4v) is 3.11. The molecular weight excluding hydrogens is 382 g/mol. The summed E-state index contributed by atoms with van der Waals surface area (Å²) >= 11 is 6.03. The Balaban J connectivity index is 2.29. The predicted molar refractivity (Wildman–Crippen MR) is 76.8 cm³/mol. The first-order valence-electron chi connectivity index (χ1n) is 5.36. The lowest BCUT2D eigenvalue weighted by Crippen LogP contribution is -1.93. The van der Waals surface area contributed by atoms with Crippen LogP contribution < -0.4 is 0 Å². The Morgan fingerprint density at radius 2 is 1.84 bits per heavy atom. The number of benzene rings is 2. The Kier molecular flexibility index (Phi) is 3.14. The van der Waals surface area contributed by atoms with Crippen LogP contribution in [0.4, 0.5) is 8.78 Å². The molecule has 1 aromatic heterocycles. The van der Waals surface area contributed by atoms with Crippen LogP contribution in [0.15, 0.2) is 39.3 Å². The molecule has 19 heavy (non-hydrogen) atoms. The monoisotopic (exact) mass is 386 g/mol. The summed E-state index contributed by atoms with van der Waals surface area (Å²) in [4.78, 5) is 7.24. The van der Waals surface area contributed by atoms with Gasteiger partial charge < -0.3 is 4.98 Å². The fraction of sp³-hybridized carbons (Fsp3) is 0. The van der Waals surface area contributed by atoms with E-state index in [0.29, 0.717) is 5.52 Å². The lowest BCUT2D eigenvalue weighted by atomic mass is 10.2. The van der Waals surface area contributed by atoms with E-state index < -0.39 is 11.6 Å². The summed E-state index contributed by atoms with van der Waals surface area (Å²) in [5.74, 6) is -0.826. The summed E-state index contributed by atoms with van der Waals surface area (Å²) in [6.07, 6.45) is 0. The van der Waals surface area contributed by atoms with Crippen LogP contribution in [-0.4, -0.2) is 9.97 Å². The third-order valence-electron chi connectivity index (χ3n) is 2.74. The van der Waals surface area contributed by atoms with E-state index in [-0.39, 0.29) is 20.3 Å². The van der Waals surface area contributed by atoms with Crippen molar-refractivity contribution >= 4 is 42.9 Å². The highest BCUT2D eigenvalue weighted by Crippen LogP contribution is 2.35. The van der Waals surface area contributed by atoms with E-state index >= 15 is 0 Å². The predicted octanol–water partition coefficient (Wildman–Crippen LogP) is 5.03. The third-order valence-corrected chi connectivity index (χ3v) is 4.06. The standard InChI is InChI=1S/C13H6Br2F2N2/c14-6-5-7(16)10(11(15)12(6)17)13-18-8-3-1-2-4-9(8)19-13/h1-5H,(H,18,19). The van der Waals surface area contributed by atoms with E-state index in [0.717, 1.165) is 11.6 Å². The van der Waals surface area contributed by atoms with Gasteiger partial charge in [0.25, 0.3) is 0 Å². The summed E-state index contributed by atoms with van der Waals surface area (Å²) in [6.45, 7) is 0. The molecule has 0 aliphatic carbocycles. The summed E-state index contributed by atoms with van der Waals surface area (Å²) < 4.78 is 27.9. The highest BCUT2D eigenvalue weighted by Gasteiger charge is 2.19. The van der Waals surface area contributed by atoms with Crippen molar-refractivity contribution in [3.05, 3.63) is 50.9 Å². The zero-order valence-electron chi connectivity index (χ0n) is 9.35. The van der Waals surface area contributed by atoms with E-state index in [1.165, 1.54) is 0 Å². The average Bonchev–Trinajstić information content (AvgIpc) is 2.79. The average molecular weight is 388 g/mol. The van der Waals surface area contributed by atoms with Crippen molar-refractivity contribution in [2.75, 3.05) is 0 Å². The Morgan fingerprint density at radius 3 is 2.58 bits per heavy atom. The summed E-state index contributed by atoms with van der Waals surface area (Å²) in [6, 6.07) is 8.39. The number of hydrogen-bond donors (Lipinski definition) is 1. The molecule has 2 nitrogen and oxygen atoms in total. The largest absolute Gasteiger partial charge is 0.338 e. The number of aromatic nitrogens is 2. The van der Waals surface area contributed by atoms with Gasteiger partial charge in [-0.15, -0.1) is 0 Å². The first-order valence-corrected chi connectivity index (χ1v) is 6.94. The molecule has 0 atom stereocenters. The first kappa shape index (κ1) is 12.7. The van der Waals surface area contributed by atoms with Crippen molar-refractivity contribution in [3.8, 4) is 11.4 Å². The Labute approximate surface area is 124 Å². The van der Waals surface area contributed by atoms with E-state index in [9.17, 15) is 8.78 Å². The van der Waals surface area contributed by atoms with Gasteiger partial charge in [0.1, 0.15) is 11.6 Å². The lowest BCUT2D eigenvalue weighted by molar-refractivity contribution is 0.590. The van der Waals surface area contributed by atoms with Gasteiger partial charge >= 0.3 is 0 Å². The van der Waals surface area contributed by atoms with Gasteiger partial charge in [0.05, 0.1) is 25.5 Å². The van der Waals surface area contributed by atoms with Crippen molar-refractivity contribution in [2.45, 2.75) is 0 Å². The molecule has 3 rings (SSSR count). The number of fused-ring (bicyclic) bond motifs is 1. The maximum Gasteiger partial charge on any atom is 0.152 e. The molecule has 3 aromatic rings. The second kappa shape index (κ2) is 4.68. The van der Waals surface area contributed by atoms with Crippen molar-refractivity contribution in [1.29, 1.82) is 0 Å². The molecule has 0 aliphatic rings. The van der Waals surface area contributed by atoms with Gasteiger partial charge in [0, 0.05) is 0 Å². The normalized spacial score (nSPS) is 11.2. The van der Waals surface area contributed by atoms with Crippen LogP contribution in [0.1, 0.15) is 0 Å². The van der Waals surface area contributed by atoms with Gasteiger partial charge in [-0.1, -0.05) is 12.1 Å². The molecule has 0 spiro atoms. The minimum Gasteiger partial charge on any atom is -0.338 e. The van der Waals surface area contributed by atoms with Gasteiger partial charge in [-0.3, -0.25) is 0 Å². The molecule has 0 fully saturated rings. The zero-order valence-corrected chi connectivity index (χ0v) is 12.5. The second-order valence-corrected chi connectivity index (χ2v) is 5.59. The maximum absolute atomic E-state index is 14.0. The van der Waals surface area contributed by atoms with Crippen LogP contribution >= 0.6 is 31.9 Å². The van der Waals surface area contributed by atoms with Gasteiger partial charge in [-0.05, 0) is 50.1 Å². The van der Waals surface area contributed by atoms with E-state index in [1.807, 2.05) is 18.2 Å². The molecule has 0 saturated heterocycles. The van der Waals surface area contributed by atoms with Crippen LogP contribution in [0.5, 0.6) is 0 Å². The molecule has 2 aromatic carbocycles. The van der Waals surface area contributed by atoms with Crippen LogP contribution in [0, 0.1) is 11.6 Å². The highest BCUT2D eigenvalue weighted by molar-refractivity contribution is 9.11. The summed E-state index contributed by atoms with van der Waals surface area (Å²) in [5, 5.41) is 0. The number of halogens is 4. The number of hydrogen-bond acceptors (Lipinski definition) is 1. The van der Waals surface area contributed by atoms with Crippen molar-refractivity contribution in [2.24, 2.45) is 0 Å². The highest BCUT2D eigenvalue weighted by atomic mass is 79.9. The molecule has 1 heterocycles. The SMILES string of the molecule is Fc1cc(Br)c(F)c(Br)c1-c1nc2ccccc2[nH]1. The molecule has 96 valence electrons. The molecule has 0 aliphatic heterocycles. The summed E-state index contributed by atoms with van der Waals surface area (Å²) in [5.41, 5.74) is 1.55. The Hall–Kier alpha value is -1.27. The van der Waals surface area contributed by atoms with E-state index in [1.54, 1.807) is 6.07 Å². The van der Waals surface area contributed by atoms with Crippen LogP contribution in [0.2, 0.25) is 0 Å². The van der Waals surface area contributed by atoms with Gasteiger partial charge in [-0.25, -0.2) is 13.8 Å². The first-order chi connectivity index (χ1) is 9.08. The quantitative estimate of drug-likeness (QED) is 0.460. The molecule has 0 bridgehead atoms. The molecular formula is C13H6Br2F2N2. The zero-order chi connectivity index (χ0) is 13.6. The fourth-order valence-electron chi connectivity index (χ4n) is 1.85. The van der Waals surface area contributed by atoms with Gasteiger partial charge in [-0.2, -0.15) is 0 Å². The van der Waals surface area contributed by atoms with Crippen LogP contribution in [0.3, 0.4) is 0 Å². The number of aromatic amines is 1. The van der Waals surface area contributed by atoms with Gasteiger partial charge in [0.15, 0.2) is 5.82 Å². The minimum atomic E-state index is -0.558. The summed E-state index contributed by atoms with van der Waals surface area (Å²) in [7, 11) is 0. The number of H-pyrrole nitrogens is 1. The maximum atomic E-state index is 14.0. The van der Waals surface area contributed by atoms with Crippen LogP contribution in [0.25, 0.3) is 22.4 Å². The van der Waals surface area contributed by atoms with Crippen molar-refractivity contribution < 1.29 is 8.78 Å². The number of para-hydroxylation sites is 2. The van der Waals surface area contributed by atoms with Crippen molar-refractivity contribution in [1.82, 2.24) is 9.97 Å². The van der Waals surface area contributed by atoms with Crippen molar-refractivity contribution in [3.63, 3.8) is 0 Å².